The van der Waals surface area contributed by atoms with Gasteiger partial charge in [0.15, 0.2) is 4.34 Å². The lowest BCUT2D eigenvalue weighted by Crippen LogP contribution is -2.34. The molecule has 0 spiro atoms. The number of nitrogens with zero attached hydrogens (tertiary/aromatic N) is 4. The largest absolute Gasteiger partial charge is 0.301 e. The lowest BCUT2D eigenvalue weighted by molar-refractivity contribution is 0.307. The maximum Gasteiger partial charge on any atom is 0.279 e. The van der Waals surface area contributed by atoms with Crippen molar-refractivity contribution in [2.24, 2.45) is 0 Å². The summed E-state index contributed by atoms with van der Waals surface area (Å²) in [5, 5.41) is 4.46. The van der Waals surface area contributed by atoms with Gasteiger partial charge in [-0.25, -0.2) is 4.98 Å². The third-order valence-corrected chi connectivity index (χ3v) is 6.14. The maximum absolute atomic E-state index is 12.7. The fourth-order valence-corrected chi connectivity index (χ4v) is 4.62. The second-order valence-electron chi connectivity index (χ2n) is 6.02. The van der Waals surface area contributed by atoms with Gasteiger partial charge in [0.1, 0.15) is 0 Å². The highest BCUT2D eigenvalue weighted by Crippen LogP contribution is 2.25. The van der Waals surface area contributed by atoms with Crippen LogP contribution in [0.1, 0.15) is 16.8 Å². The van der Waals surface area contributed by atoms with Crippen molar-refractivity contribution in [3.8, 4) is 0 Å². The smallest absolute Gasteiger partial charge is 0.279 e. The second kappa shape index (κ2) is 7.11. The molecule has 0 amide bonds. The summed E-state index contributed by atoms with van der Waals surface area (Å²) in [6.45, 7) is 1.60. The van der Waals surface area contributed by atoms with Gasteiger partial charge in [0.2, 0.25) is 4.96 Å². The highest BCUT2D eigenvalue weighted by atomic mass is 32.2. The average Bonchev–Trinajstić information content (AvgIpc) is 3.04. The predicted octanol–water partition coefficient (Wildman–Crippen LogP) is 2.94. The van der Waals surface area contributed by atoms with E-state index in [1.54, 1.807) is 11.8 Å². The van der Waals surface area contributed by atoms with Crippen LogP contribution in [0.25, 0.3) is 11.0 Å². The summed E-state index contributed by atoms with van der Waals surface area (Å²) in [6.07, 6.45) is 5.04. The van der Waals surface area contributed by atoms with E-state index < -0.39 is 0 Å². The van der Waals surface area contributed by atoms with Crippen molar-refractivity contribution in [3.05, 3.63) is 63.6 Å². The Balaban J connectivity index is 1.53. The van der Waals surface area contributed by atoms with Crippen molar-refractivity contribution in [1.29, 1.82) is 0 Å². The molecule has 1 aliphatic heterocycles. The molecule has 0 aliphatic carbocycles. The van der Waals surface area contributed by atoms with Gasteiger partial charge in [-0.15, -0.1) is 5.10 Å². The molecule has 4 rings (SSSR count). The summed E-state index contributed by atoms with van der Waals surface area (Å²) in [4.78, 5) is 20.2. The molecule has 0 unspecified atom stereocenters. The molecule has 1 aromatic carbocycles. The standard InChI is InChI=1S/C18H18N4OS2/c1-21-10-9-15-14(12-21)16(23)22-17(19-15)25-18(20-22)24-11-5-8-13-6-3-2-4-7-13/h2-8H,9-12H2,1H3/b8-5+. The SMILES string of the molecule is CN1CCc2nc3sc(SC/C=C/c4ccccc4)nn3c(=O)c2C1. The summed E-state index contributed by atoms with van der Waals surface area (Å²) < 4.78 is 2.34. The Labute approximate surface area is 154 Å². The molecule has 0 bridgehead atoms. The summed E-state index contributed by atoms with van der Waals surface area (Å²) in [5.41, 5.74) is 2.89. The highest BCUT2D eigenvalue weighted by Gasteiger charge is 2.21. The predicted molar refractivity (Wildman–Crippen MR) is 103 cm³/mol. The van der Waals surface area contributed by atoms with Crippen LogP contribution in [-0.2, 0) is 13.0 Å². The Morgan fingerprint density at radius 2 is 2.16 bits per heavy atom. The van der Waals surface area contributed by atoms with Gasteiger partial charge in [-0.2, -0.15) is 4.52 Å². The molecule has 3 heterocycles. The second-order valence-corrected chi connectivity index (χ2v) is 8.24. The number of hydrogen-bond donors (Lipinski definition) is 0. The van der Waals surface area contributed by atoms with E-state index in [9.17, 15) is 4.79 Å². The zero-order valence-corrected chi connectivity index (χ0v) is 15.5. The van der Waals surface area contributed by atoms with E-state index in [2.05, 4.69) is 39.3 Å². The van der Waals surface area contributed by atoms with Gasteiger partial charge in [-0.1, -0.05) is 65.6 Å². The zero-order chi connectivity index (χ0) is 17.2. The fourth-order valence-electron chi connectivity index (χ4n) is 2.84. The molecule has 128 valence electrons. The molecule has 1 aliphatic rings. The molecule has 0 atom stereocenters. The van der Waals surface area contributed by atoms with Crippen LogP contribution in [-0.4, -0.2) is 38.8 Å². The van der Waals surface area contributed by atoms with E-state index in [0.29, 0.717) is 11.5 Å². The molecular weight excluding hydrogens is 352 g/mol. The molecule has 3 aromatic rings. The summed E-state index contributed by atoms with van der Waals surface area (Å²) in [7, 11) is 2.03. The van der Waals surface area contributed by atoms with E-state index in [1.165, 1.54) is 21.4 Å². The molecule has 5 nitrogen and oxygen atoms in total. The van der Waals surface area contributed by atoms with Gasteiger partial charge in [0, 0.05) is 25.3 Å². The Morgan fingerprint density at radius 3 is 3.00 bits per heavy atom. The first-order valence-electron chi connectivity index (χ1n) is 8.15. The van der Waals surface area contributed by atoms with Crippen LogP contribution in [0.5, 0.6) is 0 Å². The van der Waals surface area contributed by atoms with E-state index in [-0.39, 0.29) is 5.56 Å². The normalized spacial score (nSPS) is 15.1. The van der Waals surface area contributed by atoms with Crippen molar-refractivity contribution in [3.63, 3.8) is 0 Å². The fraction of sp³-hybridized carbons (Fsp3) is 0.278. The number of rotatable bonds is 4. The molecule has 7 heteroatoms. The lowest BCUT2D eigenvalue weighted by atomic mass is 10.1. The molecule has 0 radical (unpaired) electrons. The molecular formula is C18H18N4OS2. The van der Waals surface area contributed by atoms with Gasteiger partial charge in [-0.3, -0.25) is 4.79 Å². The first kappa shape index (κ1) is 16.5. The highest BCUT2D eigenvalue weighted by molar-refractivity contribution is 8.01. The average molecular weight is 371 g/mol. The van der Waals surface area contributed by atoms with Gasteiger partial charge in [0.25, 0.3) is 5.56 Å². The van der Waals surface area contributed by atoms with Crippen LogP contribution in [0.4, 0.5) is 0 Å². The first-order valence-corrected chi connectivity index (χ1v) is 9.95. The van der Waals surface area contributed by atoms with Crippen LogP contribution in [0.3, 0.4) is 0 Å². The summed E-state index contributed by atoms with van der Waals surface area (Å²) in [5.74, 6) is 0.811. The molecule has 2 aromatic heterocycles. The van der Waals surface area contributed by atoms with E-state index in [4.69, 9.17) is 0 Å². The van der Waals surface area contributed by atoms with Gasteiger partial charge < -0.3 is 4.90 Å². The minimum atomic E-state index is -0.0190. The summed E-state index contributed by atoms with van der Waals surface area (Å²) in [6, 6.07) is 10.2. The minimum Gasteiger partial charge on any atom is -0.301 e. The number of aromatic nitrogens is 3. The zero-order valence-electron chi connectivity index (χ0n) is 13.9. The molecule has 0 N–H and O–H groups in total. The first-order chi connectivity index (χ1) is 12.2. The van der Waals surface area contributed by atoms with Crippen LogP contribution in [0.15, 0.2) is 45.5 Å². The minimum absolute atomic E-state index is 0.0190. The van der Waals surface area contributed by atoms with Crippen LogP contribution in [0, 0.1) is 0 Å². The molecule has 0 saturated heterocycles. The topological polar surface area (TPSA) is 50.5 Å². The lowest BCUT2D eigenvalue weighted by Gasteiger charge is -2.22. The van der Waals surface area contributed by atoms with Gasteiger partial charge in [-0.05, 0) is 12.6 Å². The number of likely N-dealkylation sites (N-methyl/N-ethyl adjacent to an activating group) is 1. The number of hydrogen-bond acceptors (Lipinski definition) is 6. The number of thioether (sulfide) groups is 1. The Bertz CT molecular complexity index is 978. The van der Waals surface area contributed by atoms with Crippen LogP contribution < -0.4 is 5.56 Å². The molecule has 0 saturated carbocycles. The van der Waals surface area contributed by atoms with Crippen molar-refractivity contribution < 1.29 is 0 Å². The van der Waals surface area contributed by atoms with Crippen molar-refractivity contribution in [2.45, 2.75) is 17.3 Å². The van der Waals surface area contributed by atoms with Crippen molar-refractivity contribution in [1.82, 2.24) is 19.5 Å². The monoisotopic (exact) mass is 370 g/mol. The van der Waals surface area contributed by atoms with E-state index in [1.807, 2.05) is 25.2 Å². The van der Waals surface area contributed by atoms with Gasteiger partial charge >= 0.3 is 0 Å². The number of fused-ring (bicyclic) bond motifs is 2. The van der Waals surface area contributed by atoms with Crippen LogP contribution in [0.2, 0.25) is 0 Å². The van der Waals surface area contributed by atoms with E-state index >= 15 is 0 Å². The Hall–Kier alpha value is -1.96. The summed E-state index contributed by atoms with van der Waals surface area (Å²) >= 11 is 3.12. The third kappa shape index (κ3) is 3.53. The Morgan fingerprint density at radius 1 is 1.32 bits per heavy atom. The molecule has 25 heavy (non-hydrogen) atoms. The van der Waals surface area contributed by atoms with E-state index in [0.717, 1.165) is 34.3 Å². The van der Waals surface area contributed by atoms with Crippen molar-refractivity contribution >= 4 is 34.1 Å². The quantitative estimate of drug-likeness (QED) is 0.661. The number of benzene rings is 1. The van der Waals surface area contributed by atoms with Crippen molar-refractivity contribution in [2.75, 3.05) is 19.3 Å². The van der Waals surface area contributed by atoms with Crippen LogP contribution >= 0.6 is 23.1 Å². The third-order valence-electron chi connectivity index (χ3n) is 4.14. The van der Waals surface area contributed by atoms with Gasteiger partial charge in [0.05, 0.1) is 11.3 Å². The Kier molecular flexibility index (Phi) is 4.70. The maximum atomic E-state index is 12.7. The molecule has 0 fully saturated rings.